The molecule has 0 fully saturated rings. The topological polar surface area (TPSA) is 89.2 Å². The first kappa shape index (κ1) is 10.3. The lowest BCUT2D eigenvalue weighted by molar-refractivity contribution is 0.154. The monoisotopic (exact) mass is 221 g/mol. The summed E-state index contributed by atoms with van der Waals surface area (Å²) in [7, 11) is 1.49. The molecule has 1 heterocycles. The van der Waals surface area contributed by atoms with Gasteiger partial charge in [-0.1, -0.05) is 6.07 Å². The molecule has 0 unspecified atom stereocenters. The van der Waals surface area contributed by atoms with Crippen LogP contribution in [0.5, 0.6) is 0 Å². The molecule has 0 aliphatic rings. The third-order valence-electron chi connectivity index (χ3n) is 2.33. The molecule has 0 bridgehead atoms. The van der Waals surface area contributed by atoms with Crippen LogP contribution in [0.2, 0.25) is 0 Å². The fraction of sp³-hybridized carbons (Fsp3) is 0.200. The van der Waals surface area contributed by atoms with Crippen molar-refractivity contribution in [2.75, 3.05) is 7.05 Å². The lowest BCUT2D eigenvalue weighted by Gasteiger charge is -2.12. The van der Waals surface area contributed by atoms with E-state index >= 15 is 0 Å². The minimum atomic E-state index is -0.984. The maximum absolute atomic E-state index is 11.0. The van der Waals surface area contributed by atoms with Crippen LogP contribution >= 0.6 is 0 Å². The summed E-state index contributed by atoms with van der Waals surface area (Å²) in [5.41, 5.74) is 1.96. The second-order valence-electron chi connectivity index (χ2n) is 3.60. The Bertz CT molecular complexity index is 584. The van der Waals surface area contributed by atoms with Crippen LogP contribution in [0.15, 0.2) is 23.0 Å². The number of hydrogen-bond donors (Lipinski definition) is 3. The molecular weight excluding hydrogens is 210 g/mol. The van der Waals surface area contributed by atoms with Crippen LogP contribution in [0.25, 0.3) is 11.0 Å². The number of nitrogens with zero attached hydrogens (tertiary/aromatic N) is 1. The van der Waals surface area contributed by atoms with Crippen LogP contribution in [0.1, 0.15) is 5.56 Å². The number of benzene rings is 1. The van der Waals surface area contributed by atoms with Crippen LogP contribution in [0.3, 0.4) is 0 Å². The summed E-state index contributed by atoms with van der Waals surface area (Å²) in [4.78, 5) is 28.1. The zero-order valence-corrected chi connectivity index (χ0v) is 8.65. The van der Waals surface area contributed by atoms with Gasteiger partial charge >= 0.3 is 11.8 Å². The van der Waals surface area contributed by atoms with Gasteiger partial charge in [0.25, 0.3) is 0 Å². The first-order valence-electron chi connectivity index (χ1n) is 4.71. The Kier molecular flexibility index (Phi) is 2.40. The molecule has 0 spiro atoms. The molecule has 1 amide bonds. The van der Waals surface area contributed by atoms with E-state index in [0.29, 0.717) is 17.6 Å². The van der Waals surface area contributed by atoms with Gasteiger partial charge in [0.1, 0.15) is 0 Å². The summed E-state index contributed by atoms with van der Waals surface area (Å²) >= 11 is 0. The van der Waals surface area contributed by atoms with Gasteiger partial charge in [-0.3, -0.25) is 0 Å². The van der Waals surface area contributed by atoms with Crippen molar-refractivity contribution >= 4 is 17.1 Å². The fourth-order valence-corrected chi connectivity index (χ4v) is 1.52. The summed E-state index contributed by atoms with van der Waals surface area (Å²) in [5.74, 6) is 0. The molecule has 2 aromatic rings. The maximum Gasteiger partial charge on any atom is 0.407 e. The minimum Gasteiger partial charge on any atom is -0.465 e. The summed E-state index contributed by atoms with van der Waals surface area (Å²) in [5, 5.41) is 8.72. The number of imidazole rings is 1. The Morgan fingerprint density at radius 3 is 2.75 bits per heavy atom. The van der Waals surface area contributed by atoms with Gasteiger partial charge in [0, 0.05) is 13.6 Å². The van der Waals surface area contributed by atoms with Crippen LogP contribution in [0, 0.1) is 0 Å². The standard InChI is InChI=1S/C10H11N3O3/c1-13(10(15)16)5-6-2-3-7-8(4-6)12-9(14)11-7/h2-4H,5H2,1H3,(H,15,16)(H2,11,12,14). The van der Waals surface area contributed by atoms with E-state index in [-0.39, 0.29) is 5.69 Å². The third-order valence-corrected chi connectivity index (χ3v) is 2.33. The molecule has 1 aromatic heterocycles. The Labute approximate surface area is 90.5 Å². The number of hydrogen-bond acceptors (Lipinski definition) is 2. The second-order valence-corrected chi connectivity index (χ2v) is 3.60. The van der Waals surface area contributed by atoms with E-state index in [2.05, 4.69) is 9.97 Å². The highest BCUT2D eigenvalue weighted by molar-refractivity contribution is 5.75. The largest absolute Gasteiger partial charge is 0.465 e. The van der Waals surface area contributed by atoms with Crippen LogP contribution in [0.4, 0.5) is 4.79 Å². The average Bonchev–Trinajstić information content (AvgIpc) is 2.57. The molecule has 1 aromatic carbocycles. The highest BCUT2D eigenvalue weighted by Crippen LogP contribution is 2.11. The van der Waals surface area contributed by atoms with Crippen molar-refractivity contribution in [3.8, 4) is 0 Å². The van der Waals surface area contributed by atoms with Gasteiger partial charge in [-0.25, -0.2) is 9.59 Å². The Hall–Kier alpha value is -2.24. The van der Waals surface area contributed by atoms with E-state index in [0.717, 1.165) is 5.56 Å². The van der Waals surface area contributed by atoms with Crippen molar-refractivity contribution in [1.29, 1.82) is 0 Å². The first-order valence-corrected chi connectivity index (χ1v) is 4.71. The lowest BCUT2D eigenvalue weighted by Crippen LogP contribution is -2.23. The van der Waals surface area contributed by atoms with Crippen molar-refractivity contribution in [3.05, 3.63) is 34.2 Å². The van der Waals surface area contributed by atoms with Gasteiger partial charge in [-0.15, -0.1) is 0 Å². The number of fused-ring (bicyclic) bond motifs is 1. The number of carboxylic acid groups (broad SMARTS) is 1. The molecule has 6 heteroatoms. The number of aromatic nitrogens is 2. The smallest absolute Gasteiger partial charge is 0.407 e. The molecule has 84 valence electrons. The molecule has 0 aliphatic carbocycles. The van der Waals surface area contributed by atoms with E-state index in [9.17, 15) is 9.59 Å². The number of carbonyl (C=O) groups is 1. The number of nitrogens with one attached hydrogen (secondary N) is 2. The van der Waals surface area contributed by atoms with Crippen molar-refractivity contribution in [2.24, 2.45) is 0 Å². The number of rotatable bonds is 2. The molecule has 16 heavy (non-hydrogen) atoms. The normalized spacial score (nSPS) is 10.6. The fourth-order valence-electron chi connectivity index (χ4n) is 1.52. The maximum atomic E-state index is 11.0. The Morgan fingerprint density at radius 1 is 1.38 bits per heavy atom. The van der Waals surface area contributed by atoms with E-state index in [1.54, 1.807) is 18.2 Å². The highest BCUT2D eigenvalue weighted by atomic mass is 16.4. The number of aromatic amines is 2. The van der Waals surface area contributed by atoms with Crippen molar-refractivity contribution < 1.29 is 9.90 Å². The van der Waals surface area contributed by atoms with Crippen LogP contribution in [-0.2, 0) is 6.54 Å². The third kappa shape index (κ3) is 1.90. The van der Waals surface area contributed by atoms with Crippen LogP contribution in [-0.4, -0.2) is 33.1 Å². The number of amides is 1. The molecule has 0 aliphatic heterocycles. The van der Waals surface area contributed by atoms with Gasteiger partial charge in [0.15, 0.2) is 0 Å². The molecular formula is C10H11N3O3. The second kappa shape index (κ2) is 3.73. The SMILES string of the molecule is CN(Cc1ccc2[nH]c(=O)[nH]c2c1)C(=O)O. The first-order chi connectivity index (χ1) is 7.56. The molecule has 0 atom stereocenters. The summed E-state index contributed by atoms with van der Waals surface area (Å²) < 4.78 is 0. The molecule has 0 saturated heterocycles. The van der Waals surface area contributed by atoms with Gasteiger partial charge in [-0.05, 0) is 17.7 Å². The lowest BCUT2D eigenvalue weighted by atomic mass is 10.2. The zero-order chi connectivity index (χ0) is 11.7. The van der Waals surface area contributed by atoms with E-state index < -0.39 is 6.09 Å². The molecule has 0 radical (unpaired) electrons. The van der Waals surface area contributed by atoms with Crippen LogP contribution < -0.4 is 5.69 Å². The highest BCUT2D eigenvalue weighted by Gasteiger charge is 2.07. The van der Waals surface area contributed by atoms with E-state index in [1.807, 2.05) is 0 Å². The summed E-state index contributed by atoms with van der Waals surface area (Å²) in [6.07, 6.45) is -0.984. The van der Waals surface area contributed by atoms with Crippen molar-refractivity contribution in [1.82, 2.24) is 14.9 Å². The van der Waals surface area contributed by atoms with Gasteiger partial charge in [-0.2, -0.15) is 0 Å². The molecule has 6 nitrogen and oxygen atoms in total. The predicted molar refractivity (Wildman–Crippen MR) is 58.4 cm³/mol. The minimum absolute atomic E-state index is 0.265. The van der Waals surface area contributed by atoms with Gasteiger partial charge in [0.05, 0.1) is 11.0 Å². The summed E-state index contributed by atoms with van der Waals surface area (Å²) in [6.45, 7) is 0.290. The van der Waals surface area contributed by atoms with Crippen molar-refractivity contribution in [3.63, 3.8) is 0 Å². The van der Waals surface area contributed by atoms with E-state index in [4.69, 9.17) is 5.11 Å². The number of H-pyrrole nitrogens is 2. The van der Waals surface area contributed by atoms with Gasteiger partial charge < -0.3 is 20.0 Å². The quantitative estimate of drug-likeness (QED) is 0.705. The Balaban J connectivity index is 2.32. The van der Waals surface area contributed by atoms with E-state index in [1.165, 1.54) is 11.9 Å². The zero-order valence-electron chi connectivity index (χ0n) is 8.65. The summed E-state index contributed by atoms with van der Waals surface area (Å²) in [6, 6.07) is 5.29. The molecule has 3 N–H and O–H groups in total. The molecule has 2 rings (SSSR count). The van der Waals surface area contributed by atoms with Crippen molar-refractivity contribution in [2.45, 2.75) is 6.54 Å². The average molecular weight is 221 g/mol. The Morgan fingerprint density at radius 2 is 2.06 bits per heavy atom. The molecule has 0 saturated carbocycles. The van der Waals surface area contributed by atoms with Gasteiger partial charge in [0.2, 0.25) is 0 Å². The predicted octanol–water partition coefficient (Wildman–Crippen LogP) is 0.966.